The molecular formula is C9H10N6OS. The van der Waals surface area contributed by atoms with Crippen molar-refractivity contribution < 1.29 is 4.79 Å². The number of rotatable bonds is 2. The van der Waals surface area contributed by atoms with E-state index in [1.165, 1.54) is 9.58 Å². The van der Waals surface area contributed by atoms with Crippen LogP contribution in [0.1, 0.15) is 0 Å². The van der Waals surface area contributed by atoms with Gasteiger partial charge < -0.3 is 5.73 Å². The number of thiol groups is 1. The van der Waals surface area contributed by atoms with Gasteiger partial charge in [-0.15, -0.1) is 17.7 Å². The zero-order valence-electron chi connectivity index (χ0n) is 8.98. The average molecular weight is 250 g/mol. The SMILES string of the molecule is CN(C(N)=O)c1cccc(-n2nnnc2S)c1. The smallest absolute Gasteiger partial charge is 0.318 e. The third-order valence-electron chi connectivity index (χ3n) is 2.25. The molecule has 1 heterocycles. The number of tetrazole rings is 1. The molecule has 7 nitrogen and oxygen atoms in total. The van der Waals surface area contributed by atoms with Crippen LogP contribution >= 0.6 is 12.6 Å². The van der Waals surface area contributed by atoms with E-state index in [1.807, 2.05) is 0 Å². The van der Waals surface area contributed by atoms with Crippen molar-refractivity contribution >= 4 is 24.3 Å². The molecule has 1 aromatic heterocycles. The van der Waals surface area contributed by atoms with Crippen LogP contribution < -0.4 is 10.6 Å². The van der Waals surface area contributed by atoms with Crippen molar-refractivity contribution in [3.05, 3.63) is 24.3 Å². The number of aromatic nitrogens is 4. The molecule has 2 amide bonds. The Morgan fingerprint density at radius 1 is 1.53 bits per heavy atom. The Bertz CT molecular complexity index is 554. The van der Waals surface area contributed by atoms with Crippen molar-refractivity contribution in [3.8, 4) is 5.69 Å². The number of primary amides is 1. The Balaban J connectivity index is 2.42. The summed E-state index contributed by atoms with van der Waals surface area (Å²) >= 11 is 4.11. The minimum absolute atomic E-state index is 0.365. The maximum absolute atomic E-state index is 11.1. The highest BCUT2D eigenvalue weighted by molar-refractivity contribution is 7.80. The zero-order chi connectivity index (χ0) is 12.4. The van der Waals surface area contributed by atoms with E-state index < -0.39 is 6.03 Å². The van der Waals surface area contributed by atoms with E-state index in [-0.39, 0.29) is 0 Å². The second-order valence-electron chi connectivity index (χ2n) is 3.31. The first kappa shape index (κ1) is 11.4. The first-order valence-corrected chi connectivity index (χ1v) is 5.15. The number of nitrogens with zero attached hydrogens (tertiary/aromatic N) is 5. The van der Waals surface area contributed by atoms with Crippen molar-refractivity contribution in [2.24, 2.45) is 5.73 Å². The molecule has 0 atom stereocenters. The molecule has 0 saturated heterocycles. The summed E-state index contributed by atoms with van der Waals surface area (Å²) in [4.78, 5) is 12.4. The Morgan fingerprint density at radius 2 is 2.29 bits per heavy atom. The lowest BCUT2D eigenvalue weighted by Crippen LogP contribution is -2.31. The maximum atomic E-state index is 11.1. The molecule has 2 aromatic rings. The average Bonchev–Trinajstić information content (AvgIpc) is 2.74. The van der Waals surface area contributed by atoms with Gasteiger partial charge >= 0.3 is 6.03 Å². The fraction of sp³-hybridized carbons (Fsp3) is 0.111. The Hall–Kier alpha value is -2.09. The van der Waals surface area contributed by atoms with Crippen molar-refractivity contribution in [1.82, 2.24) is 20.2 Å². The molecule has 0 saturated carbocycles. The van der Waals surface area contributed by atoms with Crippen LogP contribution in [-0.4, -0.2) is 33.3 Å². The molecule has 2 N–H and O–H groups in total. The Labute approximate surface area is 103 Å². The lowest BCUT2D eigenvalue weighted by Gasteiger charge is -2.15. The highest BCUT2D eigenvalue weighted by atomic mass is 32.1. The summed E-state index contributed by atoms with van der Waals surface area (Å²) in [5.41, 5.74) is 6.54. The number of hydrogen-bond donors (Lipinski definition) is 2. The van der Waals surface area contributed by atoms with Gasteiger partial charge in [0.25, 0.3) is 0 Å². The standard InChI is InChI=1S/C9H10N6OS/c1-14(8(10)16)6-3-2-4-7(5-6)15-9(17)11-12-13-15/h2-5H,1H3,(H2,10,16)(H,11,13,17). The van der Waals surface area contributed by atoms with Crippen LogP contribution in [0.5, 0.6) is 0 Å². The summed E-state index contributed by atoms with van der Waals surface area (Å²) in [6.45, 7) is 0. The van der Waals surface area contributed by atoms with E-state index in [2.05, 4.69) is 28.2 Å². The molecule has 0 unspecified atom stereocenters. The summed E-state index contributed by atoms with van der Waals surface area (Å²) in [6.07, 6.45) is 0. The van der Waals surface area contributed by atoms with Crippen LogP contribution in [0.4, 0.5) is 10.5 Å². The lowest BCUT2D eigenvalue weighted by molar-refractivity contribution is 0.255. The molecule has 88 valence electrons. The first-order valence-electron chi connectivity index (χ1n) is 4.70. The second kappa shape index (κ2) is 4.42. The number of urea groups is 1. The van der Waals surface area contributed by atoms with Crippen LogP contribution in [0.15, 0.2) is 29.4 Å². The molecule has 8 heteroatoms. The third kappa shape index (κ3) is 2.21. The van der Waals surface area contributed by atoms with Gasteiger partial charge in [-0.25, -0.2) is 4.79 Å². The molecule has 0 fully saturated rings. The highest BCUT2D eigenvalue weighted by Crippen LogP contribution is 2.18. The van der Waals surface area contributed by atoms with E-state index in [9.17, 15) is 4.79 Å². The molecule has 0 radical (unpaired) electrons. The van der Waals surface area contributed by atoms with Crippen molar-refractivity contribution in [1.29, 1.82) is 0 Å². The number of anilines is 1. The van der Waals surface area contributed by atoms with Gasteiger partial charge in [-0.1, -0.05) is 6.07 Å². The van der Waals surface area contributed by atoms with Gasteiger partial charge in [0.2, 0.25) is 5.16 Å². The second-order valence-corrected chi connectivity index (χ2v) is 3.71. The number of carbonyl (C=O) groups excluding carboxylic acids is 1. The van der Waals surface area contributed by atoms with Gasteiger partial charge in [0.1, 0.15) is 0 Å². The maximum Gasteiger partial charge on any atom is 0.318 e. The van der Waals surface area contributed by atoms with E-state index in [0.717, 1.165) is 0 Å². The number of amides is 2. The fourth-order valence-electron chi connectivity index (χ4n) is 1.31. The Morgan fingerprint density at radius 3 is 2.88 bits per heavy atom. The molecule has 0 spiro atoms. The summed E-state index contributed by atoms with van der Waals surface area (Å²) in [5.74, 6) is 0. The fourth-order valence-corrected chi connectivity index (χ4v) is 1.51. The van der Waals surface area contributed by atoms with Gasteiger partial charge in [-0.05, 0) is 28.6 Å². The van der Waals surface area contributed by atoms with E-state index in [0.29, 0.717) is 16.5 Å². The number of hydrogen-bond acceptors (Lipinski definition) is 5. The van der Waals surface area contributed by atoms with Gasteiger partial charge in [-0.3, -0.25) is 4.90 Å². The van der Waals surface area contributed by atoms with Gasteiger partial charge in [0, 0.05) is 12.7 Å². The quantitative estimate of drug-likeness (QED) is 0.758. The largest absolute Gasteiger partial charge is 0.351 e. The summed E-state index contributed by atoms with van der Waals surface area (Å²) in [7, 11) is 1.59. The van der Waals surface area contributed by atoms with Crippen LogP contribution in [0, 0.1) is 0 Å². The molecule has 17 heavy (non-hydrogen) atoms. The van der Waals surface area contributed by atoms with Gasteiger partial charge in [0.05, 0.1) is 5.69 Å². The molecule has 0 bridgehead atoms. The van der Waals surface area contributed by atoms with Crippen LogP contribution in [-0.2, 0) is 0 Å². The van der Waals surface area contributed by atoms with Crippen molar-refractivity contribution in [3.63, 3.8) is 0 Å². The molecule has 0 aliphatic rings. The van der Waals surface area contributed by atoms with Crippen LogP contribution in [0.3, 0.4) is 0 Å². The zero-order valence-corrected chi connectivity index (χ0v) is 9.87. The topological polar surface area (TPSA) is 89.9 Å². The summed E-state index contributed by atoms with van der Waals surface area (Å²) < 4.78 is 1.45. The molecule has 1 aromatic carbocycles. The summed E-state index contributed by atoms with van der Waals surface area (Å²) in [5, 5.41) is 11.3. The van der Waals surface area contributed by atoms with Crippen molar-refractivity contribution in [2.75, 3.05) is 11.9 Å². The normalized spacial score (nSPS) is 10.2. The molecule has 0 aliphatic heterocycles. The first-order chi connectivity index (χ1) is 8.09. The van der Waals surface area contributed by atoms with E-state index in [4.69, 9.17) is 5.73 Å². The van der Waals surface area contributed by atoms with Crippen LogP contribution in [0.2, 0.25) is 0 Å². The summed E-state index contributed by atoms with van der Waals surface area (Å²) in [6, 6.07) is 6.54. The predicted octanol–water partition coefficient (Wildman–Crippen LogP) is 0.466. The number of benzene rings is 1. The molecular weight excluding hydrogens is 240 g/mol. The van der Waals surface area contributed by atoms with Gasteiger partial charge in [0.15, 0.2) is 0 Å². The predicted molar refractivity (Wildman–Crippen MR) is 64.4 cm³/mol. The van der Waals surface area contributed by atoms with Crippen LogP contribution in [0.25, 0.3) is 5.69 Å². The lowest BCUT2D eigenvalue weighted by atomic mass is 10.2. The molecule has 2 rings (SSSR count). The minimum atomic E-state index is -0.537. The van der Waals surface area contributed by atoms with E-state index >= 15 is 0 Å². The molecule has 0 aliphatic carbocycles. The van der Waals surface area contributed by atoms with Gasteiger partial charge in [-0.2, -0.15) is 4.68 Å². The van der Waals surface area contributed by atoms with E-state index in [1.54, 1.807) is 31.3 Å². The Kier molecular flexibility index (Phi) is 2.96. The third-order valence-corrected chi connectivity index (χ3v) is 2.52. The monoisotopic (exact) mass is 250 g/mol. The number of nitrogens with two attached hydrogens (primary N) is 1. The minimum Gasteiger partial charge on any atom is -0.351 e. The van der Waals surface area contributed by atoms with Crippen molar-refractivity contribution in [2.45, 2.75) is 5.16 Å². The highest BCUT2D eigenvalue weighted by Gasteiger charge is 2.09. The number of carbonyl (C=O) groups is 1.